The van der Waals surface area contributed by atoms with Crippen LogP contribution in [0.3, 0.4) is 0 Å². The van der Waals surface area contributed by atoms with E-state index in [1.807, 2.05) is 20.9 Å². The molecule has 1 fully saturated rings. The molecule has 0 aliphatic carbocycles. The molecule has 0 spiro atoms. The Balaban J connectivity index is 2.47. The van der Waals surface area contributed by atoms with Crippen molar-refractivity contribution in [3.8, 4) is 0 Å². The number of piperidine rings is 1. The average molecular weight is 270 g/mol. The molecular formula is C15H30N2O2. The quantitative estimate of drug-likeness (QED) is 0.719. The third-order valence-electron chi connectivity index (χ3n) is 4.22. The molecule has 0 aromatic rings. The highest BCUT2D eigenvalue weighted by Gasteiger charge is 2.35. The fourth-order valence-electron chi connectivity index (χ4n) is 2.82. The highest BCUT2D eigenvalue weighted by atomic mass is 16.5. The van der Waals surface area contributed by atoms with Crippen LogP contribution in [0, 0.1) is 5.92 Å². The van der Waals surface area contributed by atoms with E-state index >= 15 is 0 Å². The van der Waals surface area contributed by atoms with Gasteiger partial charge in [-0.05, 0) is 52.7 Å². The standard InChI is InChI=1S/C15H30N2O2/c1-5-7-13-8-10-17(11-9-13)12-15(3,16-4)14(18)19-6-2/h13,16H,5-12H2,1-4H3. The summed E-state index contributed by atoms with van der Waals surface area (Å²) in [7, 11) is 1.83. The number of nitrogens with zero attached hydrogens (tertiary/aromatic N) is 1. The smallest absolute Gasteiger partial charge is 0.327 e. The SMILES string of the molecule is CCCC1CCN(CC(C)(NC)C(=O)OCC)CC1. The summed E-state index contributed by atoms with van der Waals surface area (Å²) in [6.07, 6.45) is 5.14. The number of likely N-dealkylation sites (N-methyl/N-ethyl adjacent to an activating group) is 1. The Labute approximate surface area is 117 Å². The van der Waals surface area contributed by atoms with Crippen LogP contribution in [-0.2, 0) is 9.53 Å². The molecule has 0 aromatic heterocycles. The van der Waals surface area contributed by atoms with Gasteiger partial charge in [0.2, 0.25) is 0 Å². The lowest BCUT2D eigenvalue weighted by Gasteiger charge is -2.37. The van der Waals surface area contributed by atoms with Crippen LogP contribution >= 0.6 is 0 Å². The van der Waals surface area contributed by atoms with E-state index in [1.54, 1.807) is 0 Å². The Hall–Kier alpha value is -0.610. The van der Waals surface area contributed by atoms with Crippen LogP contribution in [-0.4, -0.2) is 49.7 Å². The van der Waals surface area contributed by atoms with Crippen LogP contribution in [0.2, 0.25) is 0 Å². The molecule has 1 heterocycles. The van der Waals surface area contributed by atoms with Gasteiger partial charge in [-0.2, -0.15) is 0 Å². The Kier molecular flexibility index (Phi) is 6.80. The van der Waals surface area contributed by atoms with Crippen molar-refractivity contribution in [1.29, 1.82) is 0 Å². The molecule has 112 valence electrons. The van der Waals surface area contributed by atoms with E-state index in [4.69, 9.17) is 4.74 Å². The molecule has 0 aromatic carbocycles. The van der Waals surface area contributed by atoms with E-state index in [2.05, 4.69) is 17.1 Å². The maximum atomic E-state index is 12.0. The second kappa shape index (κ2) is 7.85. The molecule has 0 saturated carbocycles. The van der Waals surface area contributed by atoms with Crippen molar-refractivity contribution in [2.24, 2.45) is 5.92 Å². The number of hydrogen-bond donors (Lipinski definition) is 1. The number of hydrogen-bond acceptors (Lipinski definition) is 4. The molecule has 1 saturated heterocycles. The summed E-state index contributed by atoms with van der Waals surface area (Å²) >= 11 is 0. The predicted molar refractivity (Wildman–Crippen MR) is 78.2 cm³/mol. The summed E-state index contributed by atoms with van der Waals surface area (Å²) in [5, 5.41) is 3.13. The van der Waals surface area contributed by atoms with E-state index < -0.39 is 5.54 Å². The van der Waals surface area contributed by atoms with Crippen molar-refractivity contribution in [2.75, 3.05) is 33.3 Å². The predicted octanol–water partition coefficient (Wildman–Crippen LogP) is 2.04. The van der Waals surface area contributed by atoms with E-state index in [0.717, 1.165) is 25.6 Å². The maximum absolute atomic E-state index is 12.0. The van der Waals surface area contributed by atoms with Gasteiger partial charge in [0.15, 0.2) is 0 Å². The van der Waals surface area contributed by atoms with E-state index in [1.165, 1.54) is 25.7 Å². The van der Waals surface area contributed by atoms with Crippen LogP contribution in [0.4, 0.5) is 0 Å². The third-order valence-corrected chi connectivity index (χ3v) is 4.22. The van der Waals surface area contributed by atoms with Crippen molar-refractivity contribution in [2.45, 2.75) is 52.0 Å². The highest BCUT2D eigenvalue weighted by Crippen LogP contribution is 2.23. The van der Waals surface area contributed by atoms with Crippen molar-refractivity contribution in [3.05, 3.63) is 0 Å². The summed E-state index contributed by atoms with van der Waals surface area (Å²) in [6, 6.07) is 0. The Morgan fingerprint density at radius 1 is 1.37 bits per heavy atom. The number of rotatable bonds is 7. The van der Waals surface area contributed by atoms with Crippen LogP contribution in [0.25, 0.3) is 0 Å². The largest absolute Gasteiger partial charge is 0.465 e. The lowest BCUT2D eigenvalue weighted by Crippen LogP contribution is -2.57. The lowest BCUT2D eigenvalue weighted by molar-refractivity contribution is -0.151. The normalized spacial score (nSPS) is 21.1. The first-order valence-electron chi connectivity index (χ1n) is 7.64. The van der Waals surface area contributed by atoms with E-state index in [9.17, 15) is 4.79 Å². The topological polar surface area (TPSA) is 41.6 Å². The van der Waals surface area contributed by atoms with E-state index in [-0.39, 0.29) is 5.97 Å². The van der Waals surface area contributed by atoms with E-state index in [0.29, 0.717) is 6.61 Å². The molecule has 0 radical (unpaired) electrons. The summed E-state index contributed by atoms with van der Waals surface area (Å²) in [4.78, 5) is 14.4. The molecule has 1 aliphatic heterocycles. The van der Waals surface area contributed by atoms with Crippen LogP contribution in [0.1, 0.15) is 46.5 Å². The fraction of sp³-hybridized carbons (Fsp3) is 0.933. The minimum absolute atomic E-state index is 0.145. The number of esters is 1. The first-order chi connectivity index (χ1) is 9.05. The first kappa shape index (κ1) is 16.4. The van der Waals surface area contributed by atoms with Gasteiger partial charge in [-0.3, -0.25) is 4.79 Å². The van der Waals surface area contributed by atoms with Gasteiger partial charge in [-0.25, -0.2) is 0 Å². The number of nitrogens with one attached hydrogen (secondary N) is 1. The molecule has 4 nitrogen and oxygen atoms in total. The maximum Gasteiger partial charge on any atom is 0.327 e. The molecule has 1 unspecified atom stereocenters. The second-order valence-corrected chi connectivity index (χ2v) is 5.81. The molecule has 1 atom stereocenters. The van der Waals surface area contributed by atoms with Gasteiger partial charge in [0.1, 0.15) is 5.54 Å². The lowest BCUT2D eigenvalue weighted by atomic mass is 9.91. The highest BCUT2D eigenvalue weighted by molar-refractivity contribution is 5.80. The summed E-state index contributed by atoms with van der Waals surface area (Å²) in [5.74, 6) is 0.734. The zero-order chi connectivity index (χ0) is 14.3. The fourth-order valence-corrected chi connectivity index (χ4v) is 2.82. The molecule has 19 heavy (non-hydrogen) atoms. The Bertz CT molecular complexity index is 275. The molecule has 0 bridgehead atoms. The number of carbonyl (C=O) groups excluding carboxylic acids is 1. The average Bonchev–Trinajstić information content (AvgIpc) is 2.41. The summed E-state index contributed by atoms with van der Waals surface area (Å²) < 4.78 is 5.17. The van der Waals surface area contributed by atoms with Gasteiger partial charge in [-0.15, -0.1) is 0 Å². The van der Waals surface area contributed by atoms with Crippen LogP contribution < -0.4 is 5.32 Å². The first-order valence-corrected chi connectivity index (χ1v) is 7.64. The number of likely N-dealkylation sites (tertiary alicyclic amines) is 1. The van der Waals surface area contributed by atoms with Gasteiger partial charge >= 0.3 is 5.97 Å². The molecular weight excluding hydrogens is 240 g/mol. The zero-order valence-corrected chi connectivity index (χ0v) is 13.0. The van der Waals surface area contributed by atoms with Gasteiger partial charge in [0.25, 0.3) is 0 Å². The minimum atomic E-state index is -0.590. The van der Waals surface area contributed by atoms with Gasteiger partial charge in [-0.1, -0.05) is 19.8 Å². The summed E-state index contributed by atoms with van der Waals surface area (Å²) in [6.45, 7) is 9.41. The molecule has 4 heteroatoms. The van der Waals surface area contributed by atoms with Gasteiger partial charge < -0.3 is 15.0 Å². The van der Waals surface area contributed by atoms with Gasteiger partial charge in [0, 0.05) is 6.54 Å². The summed E-state index contributed by atoms with van der Waals surface area (Å²) in [5.41, 5.74) is -0.590. The number of ether oxygens (including phenoxy) is 1. The van der Waals surface area contributed by atoms with Crippen LogP contribution in [0.15, 0.2) is 0 Å². The third kappa shape index (κ3) is 4.77. The van der Waals surface area contributed by atoms with Crippen molar-refractivity contribution in [3.63, 3.8) is 0 Å². The molecule has 0 amide bonds. The number of carbonyl (C=O) groups is 1. The molecule has 1 aliphatic rings. The van der Waals surface area contributed by atoms with Crippen LogP contribution in [0.5, 0.6) is 0 Å². The minimum Gasteiger partial charge on any atom is -0.465 e. The van der Waals surface area contributed by atoms with Crippen molar-refractivity contribution in [1.82, 2.24) is 10.2 Å². The van der Waals surface area contributed by atoms with Crippen molar-refractivity contribution < 1.29 is 9.53 Å². The van der Waals surface area contributed by atoms with Gasteiger partial charge in [0.05, 0.1) is 6.61 Å². The molecule has 1 N–H and O–H groups in total. The zero-order valence-electron chi connectivity index (χ0n) is 13.0. The second-order valence-electron chi connectivity index (χ2n) is 5.81. The molecule has 1 rings (SSSR count). The monoisotopic (exact) mass is 270 g/mol. The Morgan fingerprint density at radius 3 is 2.47 bits per heavy atom. The Morgan fingerprint density at radius 2 is 2.00 bits per heavy atom. The van der Waals surface area contributed by atoms with Crippen molar-refractivity contribution >= 4 is 5.97 Å².